The third-order valence-electron chi connectivity index (χ3n) is 2.53. The van der Waals surface area contributed by atoms with Crippen molar-refractivity contribution in [3.8, 4) is 5.75 Å². The molecule has 2 aromatic carbocycles. The zero-order valence-corrected chi connectivity index (χ0v) is 12.8. The van der Waals surface area contributed by atoms with Gasteiger partial charge in [-0.15, -0.1) is 0 Å². The molecule has 2 aromatic rings. The van der Waals surface area contributed by atoms with Crippen LogP contribution >= 0.6 is 31.9 Å². The highest BCUT2D eigenvalue weighted by molar-refractivity contribution is 9.10. The van der Waals surface area contributed by atoms with Gasteiger partial charge in [0.2, 0.25) is 0 Å². The number of ether oxygens (including phenoxy) is 1. The standard InChI is InChI=1S/C14H13Br2NO/c15-11-4-6-13(7-5-11)18-14(9-17)10-2-1-3-12(16)8-10/h1-8,14H,9,17H2. The molecule has 0 aliphatic heterocycles. The summed E-state index contributed by atoms with van der Waals surface area (Å²) in [7, 11) is 0. The van der Waals surface area contributed by atoms with Crippen LogP contribution in [0.15, 0.2) is 57.5 Å². The Kier molecular flexibility index (Phi) is 4.80. The molecule has 94 valence electrons. The van der Waals surface area contributed by atoms with E-state index in [-0.39, 0.29) is 6.10 Å². The maximum Gasteiger partial charge on any atom is 0.136 e. The first kappa shape index (κ1) is 13.6. The second-order valence-electron chi connectivity index (χ2n) is 3.85. The van der Waals surface area contributed by atoms with E-state index in [0.717, 1.165) is 20.3 Å². The van der Waals surface area contributed by atoms with Gasteiger partial charge in [-0.3, -0.25) is 0 Å². The molecule has 0 saturated carbocycles. The number of benzene rings is 2. The number of hydrogen-bond donors (Lipinski definition) is 1. The van der Waals surface area contributed by atoms with Gasteiger partial charge in [-0.05, 0) is 42.0 Å². The summed E-state index contributed by atoms with van der Waals surface area (Å²) in [4.78, 5) is 0. The topological polar surface area (TPSA) is 35.2 Å². The zero-order chi connectivity index (χ0) is 13.0. The van der Waals surface area contributed by atoms with Crippen molar-refractivity contribution in [2.75, 3.05) is 6.54 Å². The van der Waals surface area contributed by atoms with Crippen LogP contribution in [0.25, 0.3) is 0 Å². The van der Waals surface area contributed by atoms with E-state index in [1.165, 1.54) is 0 Å². The van der Waals surface area contributed by atoms with Gasteiger partial charge >= 0.3 is 0 Å². The summed E-state index contributed by atoms with van der Waals surface area (Å²) in [5.74, 6) is 0.814. The lowest BCUT2D eigenvalue weighted by atomic mass is 10.1. The summed E-state index contributed by atoms with van der Waals surface area (Å²) in [5.41, 5.74) is 6.85. The van der Waals surface area contributed by atoms with Crippen molar-refractivity contribution in [1.82, 2.24) is 0 Å². The molecule has 2 nitrogen and oxygen atoms in total. The van der Waals surface area contributed by atoms with Gasteiger partial charge in [-0.25, -0.2) is 0 Å². The van der Waals surface area contributed by atoms with Gasteiger partial charge in [0, 0.05) is 15.5 Å². The summed E-state index contributed by atoms with van der Waals surface area (Å²) >= 11 is 6.85. The molecular weight excluding hydrogens is 358 g/mol. The highest BCUT2D eigenvalue weighted by atomic mass is 79.9. The highest BCUT2D eigenvalue weighted by Crippen LogP contribution is 2.24. The van der Waals surface area contributed by atoms with Gasteiger partial charge in [-0.1, -0.05) is 44.0 Å². The Balaban J connectivity index is 2.17. The molecule has 1 unspecified atom stereocenters. The maximum absolute atomic E-state index is 5.89. The SMILES string of the molecule is NCC(Oc1ccc(Br)cc1)c1cccc(Br)c1. The summed E-state index contributed by atoms with van der Waals surface area (Å²) in [6.45, 7) is 0.437. The van der Waals surface area contributed by atoms with Crippen molar-refractivity contribution in [1.29, 1.82) is 0 Å². The van der Waals surface area contributed by atoms with Crippen LogP contribution < -0.4 is 10.5 Å². The van der Waals surface area contributed by atoms with Gasteiger partial charge in [0.1, 0.15) is 11.9 Å². The molecule has 0 aliphatic rings. The second-order valence-corrected chi connectivity index (χ2v) is 5.68. The monoisotopic (exact) mass is 369 g/mol. The fourth-order valence-corrected chi connectivity index (χ4v) is 2.32. The molecule has 0 bridgehead atoms. The third-order valence-corrected chi connectivity index (χ3v) is 3.55. The van der Waals surface area contributed by atoms with Crippen molar-refractivity contribution < 1.29 is 4.74 Å². The molecule has 18 heavy (non-hydrogen) atoms. The van der Waals surface area contributed by atoms with Crippen molar-refractivity contribution in [2.45, 2.75) is 6.10 Å². The lowest BCUT2D eigenvalue weighted by molar-refractivity contribution is 0.214. The first-order valence-corrected chi connectivity index (χ1v) is 7.15. The molecule has 0 heterocycles. The maximum atomic E-state index is 5.89. The van der Waals surface area contributed by atoms with Crippen LogP contribution in [0, 0.1) is 0 Å². The molecule has 0 aliphatic carbocycles. The molecule has 2 N–H and O–H groups in total. The van der Waals surface area contributed by atoms with E-state index in [0.29, 0.717) is 6.54 Å². The van der Waals surface area contributed by atoms with Crippen LogP contribution in [0.2, 0.25) is 0 Å². The molecule has 0 spiro atoms. The van der Waals surface area contributed by atoms with E-state index < -0.39 is 0 Å². The van der Waals surface area contributed by atoms with Gasteiger partial charge < -0.3 is 10.5 Å². The number of halogens is 2. The van der Waals surface area contributed by atoms with Crippen LogP contribution in [-0.4, -0.2) is 6.54 Å². The van der Waals surface area contributed by atoms with E-state index in [2.05, 4.69) is 31.9 Å². The zero-order valence-electron chi connectivity index (χ0n) is 9.64. The Morgan fingerprint density at radius 2 is 1.72 bits per heavy atom. The van der Waals surface area contributed by atoms with E-state index in [1.807, 2.05) is 48.5 Å². The third kappa shape index (κ3) is 3.57. The highest BCUT2D eigenvalue weighted by Gasteiger charge is 2.11. The minimum Gasteiger partial charge on any atom is -0.484 e. The van der Waals surface area contributed by atoms with Crippen LogP contribution in [0.1, 0.15) is 11.7 Å². The van der Waals surface area contributed by atoms with Gasteiger partial charge in [0.25, 0.3) is 0 Å². The number of rotatable bonds is 4. The Bertz CT molecular complexity index is 513. The van der Waals surface area contributed by atoms with Crippen LogP contribution in [0.3, 0.4) is 0 Å². The molecule has 0 saturated heterocycles. The Labute approximate surface area is 123 Å². The van der Waals surface area contributed by atoms with E-state index in [9.17, 15) is 0 Å². The minimum atomic E-state index is -0.135. The fourth-order valence-electron chi connectivity index (χ4n) is 1.64. The minimum absolute atomic E-state index is 0.135. The van der Waals surface area contributed by atoms with Crippen LogP contribution in [0.5, 0.6) is 5.75 Å². The van der Waals surface area contributed by atoms with Gasteiger partial charge in [0.15, 0.2) is 0 Å². The molecule has 2 rings (SSSR count). The van der Waals surface area contributed by atoms with Crippen LogP contribution in [0.4, 0.5) is 0 Å². The predicted molar refractivity (Wildman–Crippen MR) is 80.7 cm³/mol. The van der Waals surface area contributed by atoms with E-state index in [4.69, 9.17) is 10.5 Å². The first-order valence-electron chi connectivity index (χ1n) is 5.57. The average Bonchev–Trinajstić information content (AvgIpc) is 2.38. The molecular formula is C14H13Br2NO. The lowest BCUT2D eigenvalue weighted by Crippen LogP contribution is -2.18. The van der Waals surface area contributed by atoms with E-state index in [1.54, 1.807) is 0 Å². The molecule has 0 amide bonds. The Morgan fingerprint density at radius 1 is 1.00 bits per heavy atom. The summed E-state index contributed by atoms with van der Waals surface area (Å²) in [5, 5.41) is 0. The Morgan fingerprint density at radius 3 is 2.33 bits per heavy atom. The van der Waals surface area contributed by atoms with Gasteiger partial charge in [-0.2, -0.15) is 0 Å². The normalized spacial score (nSPS) is 12.2. The van der Waals surface area contributed by atoms with E-state index >= 15 is 0 Å². The number of nitrogens with two attached hydrogens (primary N) is 1. The predicted octanol–water partition coefficient (Wildman–Crippen LogP) is 4.29. The fraction of sp³-hybridized carbons (Fsp3) is 0.143. The summed E-state index contributed by atoms with van der Waals surface area (Å²) in [6.07, 6.45) is -0.135. The average molecular weight is 371 g/mol. The molecule has 1 atom stereocenters. The lowest BCUT2D eigenvalue weighted by Gasteiger charge is -2.18. The molecule has 4 heteroatoms. The van der Waals surface area contributed by atoms with Crippen LogP contribution in [-0.2, 0) is 0 Å². The molecule has 0 radical (unpaired) electrons. The van der Waals surface area contributed by atoms with Crippen molar-refractivity contribution in [2.24, 2.45) is 5.73 Å². The second kappa shape index (κ2) is 6.36. The summed E-state index contributed by atoms with van der Waals surface area (Å²) in [6, 6.07) is 15.7. The Hall–Kier alpha value is -0.840. The molecule has 0 aromatic heterocycles. The largest absolute Gasteiger partial charge is 0.484 e. The summed E-state index contributed by atoms with van der Waals surface area (Å²) < 4.78 is 7.95. The number of hydrogen-bond acceptors (Lipinski definition) is 2. The van der Waals surface area contributed by atoms with Crippen molar-refractivity contribution >= 4 is 31.9 Å². The smallest absolute Gasteiger partial charge is 0.136 e. The quantitative estimate of drug-likeness (QED) is 0.871. The molecule has 0 fully saturated rings. The van der Waals surface area contributed by atoms with Crippen molar-refractivity contribution in [3.63, 3.8) is 0 Å². The van der Waals surface area contributed by atoms with Crippen molar-refractivity contribution in [3.05, 3.63) is 63.0 Å². The van der Waals surface area contributed by atoms with Gasteiger partial charge in [0.05, 0.1) is 0 Å². The first-order chi connectivity index (χ1) is 8.69.